The van der Waals surface area contributed by atoms with E-state index >= 15 is 0 Å². The molecular weight excluding hydrogens is 186 g/mol. The molecule has 1 unspecified atom stereocenters. The fourth-order valence-corrected chi connectivity index (χ4v) is 1.84. The summed E-state index contributed by atoms with van der Waals surface area (Å²) in [6, 6.07) is 0. The van der Waals surface area contributed by atoms with Gasteiger partial charge in [0, 0.05) is 6.54 Å². The van der Waals surface area contributed by atoms with E-state index in [1.165, 1.54) is 32.1 Å². The molecule has 0 radical (unpaired) electrons. The summed E-state index contributed by atoms with van der Waals surface area (Å²) in [4.78, 5) is 0. The van der Waals surface area contributed by atoms with Gasteiger partial charge < -0.3 is 10.4 Å². The van der Waals surface area contributed by atoms with Gasteiger partial charge in [-0.25, -0.2) is 0 Å². The Bertz CT molecular complexity index is 134. The van der Waals surface area contributed by atoms with E-state index in [2.05, 4.69) is 19.2 Å². The lowest BCUT2D eigenvalue weighted by atomic mass is 10.0. The summed E-state index contributed by atoms with van der Waals surface area (Å²) >= 11 is 0. The Labute approximate surface area is 95.5 Å². The number of hydrogen-bond acceptors (Lipinski definition) is 2. The highest BCUT2D eigenvalue weighted by atomic mass is 16.3. The molecule has 0 bridgehead atoms. The van der Waals surface area contributed by atoms with Gasteiger partial charge in [0.25, 0.3) is 0 Å². The van der Waals surface area contributed by atoms with E-state index in [1.807, 2.05) is 6.92 Å². The first-order valence-electron chi connectivity index (χ1n) is 6.55. The van der Waals surface area contributed by atoms with Crippen molar-refractivity contribution in [3.8, 4) is 0 Å². The van der Waals surface area contributed by atoms with Crippen molar-refractivity contribution < 1.29 is 5.11 Å². The first-order valence-corrected chi connectivity index (χ1v) is 6.55. The molecule has 0 aromatic heterocycles. The highest BCUT2D eigenvalue weighted by Gasteiger charge is 2.17. The highest BCUT2D eigenvalue weighted by molar-refractivity contribution is 4.74. The summed E-state index contributed by atoms with van der Waals surface area (Å²) in [5.74, 6) is 0. The third kappa shape index (κ3) is 10.2. The van der Waals surface area contributed by atoms with Crippen LogP contribution in [0.2, 0.25) is 0 Å². The predicted molar refractivity (Wildman–Crippen MR) is 67.2 cm³/mol. The van der Waals surface area contributed by atoms with E-state index in [0.29, 0.717) is 0 Å². The van der Waals surface area contributed by atoms with Crippen molar-refractivity contribution in [1.82, 2.24) is 5.32 Å². The van der Waals surface area contributed by atoms with Crippen LogP contribution in [-0.4, -0.2) is 23.8 Å². The zero-order valence-electron chi connectivity index (χ0n) is 10.8. The van der Waals surface area contributed by atoms with Crippen LogP contribution in [0.4, 0.5) is 0 Å². The van der Waals surface area contributed by atoms with Gasteiger partial charge in [0.05, 0.1) is 5.60 Å². The maximum Gasteiger partial charge on any atom is 0.0743 e. The molecule has 0 aliphatic carbocycles. The van der Waals surface area contributed by atoms with E-state index in [0.717, 1.165) is 25.9 Å². The molecule has 1 atom stereocenters. The minimum atomic E-state index is -0.516. The van der Waals surface area contributed by atoms with Gasteiger partial charge in [-0.1, -0.05) is 46.0 Å². The van der Waals surface area contributed by atoms with E-state index in [-0.39, 0.29) is 0 Å². The Morgan fingerprint density at radius 2 is 1.67 bits per heavy atom. The maximum absolute atomic E-state index is 9.89. The molecule has 0 spiro atoms. The summed E-state index contributed by atoms with van der Waals surface area (Å²) in [6.07, 6.45) is 8.50. The second kappa shape index (κ2) is 9.17. The SMILES string of the molecule is CCCCCCCNCC(C)(O)CCC. The molecule has 2 heteroatoms. The zero-order valence-corrected chi connectivity index (χ0v) is 10.8. The highest BCUT2D eigenvalue weighted by Crippen LogP contribution is 2.10. The van der Waals surface area contributed by atoms with Crippen LogP contribution in [0.1, 0.15) is 65.7 Å². The van der Waals surface area contributed by atoms with Gasteiger partial charge in [-0.15, -0.1) is 0 Å². The first-order chi connectivity index (χ1) is 7.12. The molecule has 0 amide bonds. The van der Waals surface area contributed by atoms with Gasteiger partial charge in [-0.2, -0.15) is 0 Å². The van der Waals surface area contributed by atoms with Crippen molar-refractivity contribution in [2.24, 2.45) is 0 Å². The molecule has 2 N–H and O–H groups in total. The fourth-order valence-electron chi connectivity index (χ4n) is 1.84. The van der Waals surface area contributed by atoms with Crippen LogP contribution >= 0.6 is 0 Å². The molecule has 0 fully saturated rings. The quantitative estimate of drug-likeness (QED) is 0.549. The number of hydrogen-bond donors (Lipinski definition) is 2. The molecule has 0 aromatic rings. The summed E-state index contributed by atoms with van der Waals surface area (Å²) < 4.78 is 0. The largest absolute Gasteiger partial charge is 0.389 e. The lowest BCUT2D eigenvalue weighted by molar-refractivity contribution is 0.0502. The minimum absolute atomic E-state index is 0.516. The van der Waals surface area contributed by atoms with Crippen LogP contribution in [0.25, 0.3) is 0 Å². The molecule has 0 saturated carbocycles. The average molecular weight is 215 g/mol. The number of unbranched alkanes of at least 4 members (excludes halogenated alkanes) is 4. The molecule has 0 heterocycles. The molecular formula is C13H29NO. The van der Waals surface area contributed by atoms with Crippen LogP contribution in [0.3, 0.4) is 0 Å². The average Bonchev–Trinajstić information content (AvgIpc) is 2.16. The van der Waals surface area contributed by atoms with Crippen LogP contribution < -0.4 is 5.32 Å². The second-order valence-corrected chi connectivity index (χ2v) is 4.84. The Morgan fingerprint density at radius 3 is 2.27 bits per heavy atom. The number of rotatable bonds is 10. The first kappa shape index (κ1) is 14.9. The Hall–Kier alpha value is -0.0800. The molecule has 92 valence electrons. The summed E-state index contributed by atoms with van der Waals surface area (Å²) in [5.41, 5.74) is -0.516. The van der Waals surface area contributed by atoms with Crippen molar-refractivity contribution in [2.45, 2.75) is 71.3 Å². The number of aliphatic hydroxyl groups is 1. The number of nitrogens with one attached hydrogen (secondary N) is 1. The minimum Gasteiger partial charge on any atom is -0.389 e. The van der Waals surface area contributed by atoms with E-state index in [9.17, 15) is 5.11 Å². The van der Waals surface area contributed by atoms with Crippen LogP contribution in [0, 0.1) is 0 Å². The van der Waals surface area contributed by atoms with Gasteiger partial charge >= 0.3 is 0 Å². The van der Waals surface area contributed by atoms with Crippen molar-refractivity contribution in [2.75, 3.05) is 13.1 Å². The van der Waals surface area contributed by atoms with Gasteiger partial charge in [0.2, 0.25) is 0 Å². The van der Waals surface area contributed by atoms with Crippen LogP contribution in [0.5, 0.6) is 0 Å². The normalized spacial score (nSPS) is 15.2. The summed E-state index contributed by atoms with van der Waals surface area (Å²) in [7, 11) is 0. The molecule has 0 aliphatic heterocycles. The lowest BCUT2D eigenvalue weighted by Crippen LogP contribution is -2.37. The van der Waals surface area contributed by atoms with Gasteiger partial charge in [0.1, 0.15) is 0 Å². The fraction of sp³-hybridized carbons (Fsp3) is 1.00. The zero-order chi connectivity index (χ0) is 11.6. The lowest BCUT2D eigenvalue weighted by Gasteiger charge is -2.23. The van der Waals surface area contributed by atoms with Crippen molar-refractivity contribution in [3.05, 3.63) is 0 Å². The standard InChI is InChI=1S/C13H29NO/c1-4-6-7-8-9-11-14-12-13(3,15)10-5-2/h14-15H,4-12H2,1-3H3. The van der Waals surface area contributed by atoms with Crippen LogP contribution in [0.15, 0.2) is 0 Å². The second-order valence-electron chi connectivity index (χ2n) is 4.84. The van der Waals surface area contributed by atoms with Crippen molar-refractivity contribution in [3.63, 3.8) is 0 Å². The maximum atomic E-state index is 9.89. The Balaban J connectivity index is 3.22. The molecule has 0 rings (SSSR count). The molecule has 0 aliphatic rings. The molecule has 0 saturated heterocycles. The molecule has 0 aromatic carbocycles. The molecule has 2 nitrogen and oxygen atoms in total. The van der Waals surface area contributed by atoms with Gasteiger partial charge in [-0.05, 0) is 26.3 Å². The van der Waals surface area contributed by atoms with Crippen molar-refractivity contribution in [1.29, 1.82) is 0 Å². The predicted octanol–water partition coefficient (Wildman–Crippen LogP) is 3.10. The van der Waals surface area contributed by atoms with E-state index in [4.69, 9.17) is 0 Å². The van der Waals surface area contributed by atoms with Crippen molar-refractivity contribution >= 4 is 0 Å². The smallest absolute Gasteiger partial charge is 0.0743 e. The monoisotopic (exact) mass is 215 g/mol. The topological polar surface area (TPSA) is 32.3 Å². The third-order valence-electron chi connectivity index (χ3n) is 2.75. The Kier molecular flexibility index (Phi) is 9.12. The van der Waals surface area contributed by atoms with Gasteiger partial charge in [0.15, 0.2) is 0 Å². The summed E-state index contributed by atoms with van der Waals surface area (Å²) in [6.45, 7) is 8.04. The Morgan fingerprint density at radius 1 is 1.00 bits per heavy atom. The van der Waals surface area contributed by atoms with E-state index < -0.39 is 5.60 Å². The third-order valence-corrected chi connectivity index (χ3v) is 2.75. The van der Waals surface area contributed by atoms with Gasteiger partial charge in [-0.3, -0.25) is 0 Å². The summed E-state index contributed by atoms with van der Waals surface area (Å²) in [5, 5.41) is 13.2. The van der Waals surface area contributed by atoms with Crippen LogP contribution in [-0.2, 0) is 0 Å². The molecule has 15 heavy (non-hydrogen) atoms. The van der Waals surface area contributed by atoms with E-state index in [1.54, 1.807) is 0 Å².